The van der Waals surface area contributed by atoms with Crippen LogP contribution in [0.1, 0.15) is 0 Å². The standard InChI is InChI=1S/C16H14ClN5/c1-18-16-13-14(22(2)8-19-13)11-7-12(20-15(11)21-16)9-4-3-5-10(17)6-9/h3-8H,1-2H3,(H2,18,20,21). The molecular formula is C16H14ClN5. The number of nitrogens with zero attached hydrogens (tertiary/aromatic N) is 3. The maximum Gasteiger partial charge on any atom is 0.156 e. The summed E-state index contributed by atoms with van der Waals surface area (Å²) in [6.07, 6.45) is 1.80. The zero-order valence-corrected chi connectivity index (χ0v) is 12.9. The summed E-state index contributed by atoms with van der Waals surface area (Å²) in [6.45, 7) is 0. The topological polar surface area (TPSA) is 58.5 Å². The minimum absolute atomic E-state index is 0.714. The van der Waals surface area contributed by atoms with E-state index in [2.05, 4.69) is 26.3 Å². The lowest BCUT2D eigenvalue weighted by Gasteiger charge is -2.02. The third kappa shape index (κ3) is 1.86. The number of H-pyrrole nitrogens is 1. The highest BCUT2D eigenvalue weighted by atomic mass is 35.5. The van der Waals surface area contributed by atoms with Crippen molar-refractivity contribution in [1.29, 1.82) is 0 Å². The molecule has 3 heterocycles. The van der Waals surface area contributed by atoms with E-state index in [1.807, 2.05) is 42.9 Å². The molecule has 6 heteroatoms. The van der Waals surface area contributed by atoms with Gasteiger partial charge in [-0.2, -0.15) is 0 Å². The SMILES string of the molecule is CNc1nc2[nH]c(-c3cccc(Cl)c3)cc2c2c1ncn2C. The fraction of sp³-hybridized carbons (Fsp3) is 0.125. The summed E-state index contributed by atoms with van der Waals surface area (Å²) < 4.78 is 2.01. The van der Waals surface area contributed by atoms with Gasteiger partial charge < -0.3 is 14.9 Å². The van der Waals surface area contributed by atoms with Crippen LogP contribution in [-0.2, 0) is 7.05 Å². The molecule has 0 saturated carbocycles. The first-order valence-electron chi connectivity index (χ1n) is 6.95. The van der Waals surface area contributed by atoms with Crippen molar-refractivity contribution in [3.05, 3.63) is 41.7 Å². The molecule has 0 aliphatic heterocycles. The Morgan fingerprint density at radius 2 is 2.14 bits per heavy atom. The second-order valence-electron chi connectivity index (χ2n) is 5.22. The number of nitrogens with one attached hydrogen (secondary N) is 2. The summed E-state index contributed by atoms with van der Waals surface area (Å²) in [7, 11) is 3.84. The number of aromatic nitrogens is 4. The third-order valence-corrected chi connectivity index (χ3v) is 4.04. The lowest BCUT2D eigenvalue weighted by molar-refractivity contribution is 0.951. The summed E-state index contributed by atoms with van der Waals surface area (Å²) >= 11 is 6.09. The number of hydrogen-bond acceptors (Lipinski definition) is 3. The molecule has 0 unspecified atom stereocenters. The number of aryl methyl sites for hydroxylation is 1. The van der Waals surface area contributed by atoms with Crippen LogP contribution in [0, 0.1) is 0 Å². The van der Waals surface area contributed by atoms with Crippen molar-refractivity contribution in [2.24, 2.45) is 7.05 Å². The molecule has 22 heavy (non-hydrogen) atoms. The first-order valence-corrected chi connectivity index (χ1v) is 7.32. The minimum Gasteiger partial charge on any atom is -0.371 e. The van der Waals surface area contributed by atoms with E-state index in [9.17, 15) is 0 Å². The van der Waals surface area contributed by atoms with Crippen molar-refractivity contribution in [2.75, 3.05) is 12.4 Å². The average molecular weight is 312 g/mol. The first-order chi connectivity index (χ1) is 10.7. The van der Waals surface area contributed by atoms with Crippen LogP contribution in [0.3, 0.4) is 0 Å². The fourth-order valence-electron chi connectivity index (χ4n) is 2.78. The molecule has 4 aromatic rings. The Morgan fingerprint density at radius 1 is 1.27 bits per heavy atom. The van der Waals surface area contributed by atoms with Crippen LogP contribution in [0.15, 0.2) is 36.7 Å². The van der Waals surface area contributed by atoms with Gasteiger partial charge in [0.2, 0.25) is 0 Å². The predicted octanol–water partition coefficient (Wildman–Crippen LogP) is 3.81. The molecule has 2 N–H and O–H groups in total. The van der Waals surface area contributed by atoms with E-state index in [0.717, 1.165) is 39.1 Å². The van der Waals surface area contributed by atoms with Crippen LogP contribution in [0.4, 0.5) is 5.82 Å². The molecule has 0 bridgehead atoms. The quantitative estimate of drug-likeness (QED) is 0.592. The molecule has 110 valence electrons. The van der Waals surface area contributed by atoms with Gasteiger partial charge in [0, 0.05) is 30.2 Å². The minimum atomic E-state index is 0.714. The molecule has 3 aromatic heterocycles. The highest BCUT2D eigenvalue weighted by Gasteiger charge is 2.15. The van der Waals surface area contributed by atoms with Gasteiger partial charge in [-0.25, -0.2) is 9.97 Å². The Bertz CT molecular complexity index is 999. The van der Waals surface area contributed by atoms with Crippen molar-refractivity contribution in [3.63, 3.8) is 0 Å². The molecular weight excluding hydrogens is 298 g/mol. The molecule has 0 aliphatic carbocycles. The van der Waals surface area contributed by atoms with E-state index in [1.165, 1.54) is 0 Å². The van der Waals surface area contributed by atoms with Crippen LogP contribution >= 0.6 is 11.6 Å². The first kappa shape index (κ1) is 13.2. The molecule has 0 spiro atoms. The number of hydrogen-bond donors (Lipinski definition) is 2. The van der Waals surface area contributed by atoms with Crippen LogP contribution < -0.4 is 5.32 Å². The van der Waals surface area contributed by atoms with E-state index in [1.54, 1.807) is 6.33 Å². The maximum absolute atomic E-state index is 6.09. The van der Waals surface area contributed by atoms with Gasteiger partial charge in [-0.15, -0.1) is 0 Å². The van der Waals surface area contributed by atoms with E-state index >= 15 is 0 Å². The number of rotatable bonds is 2. The molecule has 0 aliphatic rings. The largest absolute Gasteiger partial charge is 0.371 e. The number of benzene rings is 1. The van der Waals surface area contributed by atoms with Crippen LogP contribution in [-0.4, -0.2) is 26.6 Å². The summed E-state index contributed by atoms with van der Waals surface area (Å²) in [5.74, 6) is 0.766. The number of fused-ring (bicyclic) bond motifs is 3. The Balaban J connectivity index is 2.05. The van der Waals surface area contributed by atoms with E-state index in [-0.39, 0.29) is 0 Å². The summed E-state index contributed by atoms with van der Waals surface area (Å²) in [4.78, 5) is 12.4. The lowest BCUT2D eigenvalue weighted by atomic mass is 10.1. The highest BCUT2D eigenvalue weighted by molar-refractivity contribution is 6.30. The van der Waals surface area contributed by atoms with Gasteiger partial charge in [0.1, 0.15) is 11.2 Å². The Kier molecular flexibility index (Phi) is 2.84. The molecule has 0 amide bonds. The van der Waals surface area contributed by atoms with Gasteiger partial charge in [-0.3, -0.25) is 0 Å². The third-order valence-electron chi connectivity index (χ3n) is 3.81. The zero-order valence-electron chi connectivity index (χ0n) is 12.2. The van der Waals surface area contributed by atoms with Crippen molar-refractivity contribution in [3.8, 4) is 11.3 Å². The number of imidazole rings is 1. The van der Waals surface area contributed by atoms with Gasteiger partial charge >= 0.3 is 0 Å². The number of halogens is 1. The van der Waals surface area contributed by atoms with Gasteiger partial charge in [-0.1, -0.05) is 23.7 Å². The van der Waals surface area contributed by atoms with Crippen molar-refractivity contribution in [2.45, 2.75) is 0 Å². The zero-order chi connectivity index (χ0) is 15.3. The Labute approximate surface area is 132 Å². The average Bonchev–Trinajstić information content (AvgIpc) is 3.10. The van der Waals surface area contributed by atoms with Crippen LogP contribution in [0.25, 0.3) is 33.3 Å². The number of pyridine rings is 1. The lowest BCUT2D eigenvalue weighted by Crippen LogP contribution is -1.95. The fourth-order valence-corrected chi connectivity index (χ4v) is 2.97. The van der Waals surface area contributed by atoms with E-state index < -0.39 is 0 Å². The summed E-state index contributed by atoms with van der Waals surface area (Å²) in [5, 5.41) is 4.86. The molecule has 0 fully saturated rings. The van der Waals surface area contributed by atoms with Crippen molar-refractivity contribution >= 4 is 39.5 Å². The van der Waals surface area contributed by atoms with Crippen LogP contribution in [0.5, 0.6) is 0 Å². The summed E-state index contributed by atoms with van der Waals surface area (Å²) in [5.41, 5.74) is 4.77. The van der Waals surface area contributed by atoms with E-state index in [4.69, 9.17) is 11.6 Å². The monoisotopic (exact) mass is 311 g/mol. The smallest absolute Gasteiger partial charge is 0.156 e. The van der Waals surface area contributed by atoms with Gasteiger partial charge in [0.25, 0.3) is 0 Å². The molecule has 4 rings (SSSR count). The molecule has 1 aromatic carbocycles. The Morgan fingerprint density at radius 3 is 2.91 bits per heavy atom. The van der Waals surface area contributed by atoms with Gasteiger partial charge in [0.05, 0.1) is 11.8 Å². The molecule has 0 radical (unpaired) electrons. The van der Waals surface area contributed by atoms with Gasteiger partial charge in [0.15, 0.2) is 5.82 Å². The predicted molar refractivity (Wildman–Crippen MR) is 90.4 cm³/mol. The molecule has 0 atom stereocenters. The van der Waals surface area contributed by atoms with Crippen molar-refractivity contribution in [1.82, 2.24) is 19.5 Å². The molecule has 0 saturated heterocycles. The van der Waals surface area contributed by atoms with Gasteiger partial charge in [-0.05, 0) is 23.8 Å². The Hall–Kier alpha value is -2.53. The van der Waals surface area contributed by atoms with Crippen LogP contribution in [0.2, 0.25) is 5.02 Å². The maximum atomic E-state index is 6.09. The van der Waals surface area contributed by atoms with Crippen molar-refractivity contribution < 1.29 is 0 Å². The normalized spacial score (nSPS) is 11.4. The number of anilines is 1. The second kappa shape index (κ2) is 4.74. The number of aromatic amines is 1. The summed E-state index contributed by atoms with van der Waals surface area (Å²) in [6, 6.07) is 9.86. The second-order valence-corrected chi connectivity index (χ2v) is 5.66. The van der Waals surface area contributed by atoms with E-state index in [0.29, 0.717) is 5.02 Å². The molecule has 5 nitrogen and oxygen atoms in total. The highest BCUT2D eigenvalue weighted by Crippen LogP contribution is 2.32.